The van der Waals surface area contributed by atoms with E-state index >= 15 is 0 Å². The van der Waals surface area contributed by atoms with Gasteiger partial charge in [0.2, 0.25) is 0 Å². The van der Waals surface area contributed by atoms with Crippen LogP contribution in [0.15, 0.2) is 48.6 Å². The van der Waals surface area contributed by atoms with Gasteiger partial charge in [-0.05, 0) is 38.5 Å². The summed E-state index contributed by atoms with van der Waals surface area (Å²) >= 11 is 0. The van der Waals surface area contributed by atoms with Crippen molar-refractivity contribution in [2.45, 2.75) is 252 Å². The maximum atomic E-state index is 12.8. The molecule has 0 aliphatic heterocycles. The molecule has 0 fully saturated rings. The lowest BCUT2D eigenvalue weighted by atomic mass is 10.0. The van der Waals surface area contributed by atoms with Gasteiger partial charge in [-0.15, -0.1) is 0 Å². The van der Waals surface area contributed by atoms with E-state index in [-0.39, 0.29) is 31.1 Å². The smallest absolute Gasteiger partial charge is 0.306 e. The average molecular weight is 813 g/mol. The molecule has 6 nitrogen and oxygen atoms in total. The van der Waals surface area contributed by atoms with Crippen LogP contribution in [0.3, 0.4) is 0 Å². The first-order chi connectivity index (χ1) is 28.5. The lowest BCUT2D eigenvalue weighted by Gasteiger charge is -2.18. The number of ether oxygens (including phenoxy) is 3. The molecule has 0 N–H and O–H groups in total. The van der Waals surface area contributed by atoms with Crippen molar-refractivity contribution in [2.75, 3.05) is 13.2 Å². The van der Waals surface area contributed by atoms with Crippen LogP contribution in [0.4, 0.5) is 0 Å². The second-order valence-electron chi connectivity index (χ2n) is 16.5. The van der Waals surface area contributed by atoms with E-state index in [1.165, 1.54) is 122 Å². The van der Waals surface area contributed by atoms with Gasteiger partial charge in [-0.2, -0.15) is 0 Å². The summed E-state index contributed by atoms with van der Waals surface area (Å²) in [6.07, 6.45) is 55.1. The second-order valence-corrected chi connectivity index (χ2v) is 16.5. The van der Waals surface area contributed by atoms with Crippen molar-refractivity contribution in [3.05, 3.63) is 48.6 Å². The minimum atomic E-state index is -0.777. The molecule has 58 heavy (non-hydrogen) atoms. The molecule has 0 aliphatic rings. The largest absolute Gasteiger partial charge is 0.462 e. The van der Waals surface area contributed by atoms with Crippen LogP contribution in [0.25, 0.3) is 0 Å². The summed E-state index contributed by atoms with van der Waals surface area (Å²) in [5.41, 5.74) is 0. The van der Waals surface area contributed by atoms with E-state index in [0.717, 1.165) is 83.5 Å². The fourth-order valence-corrected chi connectivity index (χ4v) is 6.98. The van der Waals surface area contributed by atoms with Crippen LogP contribution in [0.5, 0.6) is 0 Å². The first-order valence-corrected chi connectivity index (χ1v) is 24.7. The van der Waals surface area contributed by atoms with E-state index in [9.17, 15) is 14.4 Å². The zero-order valence-electron chi connectivity index (χ0n) is 38.3. The van der Waals surface area contributed by atoms with E-state index in [1.54, 1.807) is 0 Å². The molecule has 336 valence electrons. The molecule has 1 unspecified atom stereocenters. The Morgan fingerprint density at radius 2 is 0.672 bits per heavy atom. The number of unbranched alkanes of at least 4 members (excludes halogenated alkanes) is 28. The predicted octanol–water partition coefficient (Wildman–Crippen LogP) is 15.9. The summed E-state index contributed by atoms with van der Waals surface area (Å²) in [5, 5.41) is 0. The van der Waals surface area contributed by atoms with Crippen molar-refractivity contribution in [3.63, 3.8) is 0 Å². The minimum Gasteiger partial charge on any atom is -0.462 e. The van der Waals surface area contributed by atoms with E-state index < -0.39 is 6.10 Å². The Kier molecular flexibility index (Phi) is 44.9. The van der Waals surface area contributed by atoms with Crippen LogP contribution < -0.4 is 0 Å². The first kappa shape index (κ1) is 55.4. The standard InChI is InChI=1S/C52H92O6/c1-4-7-10-13-16-19-22-25-26-28-30-33-36-39-42-45-51(54)57-48-49(47-56-50(53)44-41-38-35-32-29-24-21-18-15-12-9-6-3)58-52(55)46-43-40-37-34-31-27-23-20-17-14-11-8-5-2/h7,10,13,16,19,22,25-26,49H,4-6,8-9,11-12,14-15,17-18,20-21,23-24,27-48H2,1-3H3/b10-7-,16-13-,22-19-,26-25-. The molecule has 0 aromatic carbocycles. The fraction of sp³-hybridized carbons (Fsp3) is 0.788. The van der Waals surface area contributed by atoms with Gasteiger partial charge in [0.25, 0.3) is 0 Å². The molecule has 0 aliphatic carbocycles. The quantitative estimate of drug-likeness (QED) is 0.0264. The summed E-state index contributed by atoms with van der Waals surface area (Å²) in [5.74, 6) is -0.895. The molecule has 0 rings (SSSR count). The molecule has 6 heteroatoms. The lowest BCUT2D eigenvalue weighted by Crippen LogP contribution is -2.30. The molecular weight excluding hydrogens is 721 g/mol. The minimum absolute atomic E-state index is 0.0774. The second kappa shape index (κ2) is 47.1. The van der Waals surface area contributed by atoms with Crippen LogP contribution in [0, 0.1) is 0 Å². The van der Waals surface area contributed by atoms with Crippen molar-refractivity contribution < 1.29 is 28.6 Å². The van der Waals surface area contributed by atoms with E-state index in [4.69, 9.17) is 14.2 Å². The predicted molar refractivity (Wildman–Crippen MR) is 247 cm³/mol. The van der Waals surface area contributed by atoms with Gasteiger partial charge < -0.3 is 14.2 Å². The summed E-state index contributed by atoms with van der Waals surface area (Å²) in [4.78, 5) is 37.9. The molecule has 0 bridgehead atoms. The van der Waals surface area contributed by atoms with Crippen LogP contribution in [-0.4, -0.2) is 37.2 Å². The van der Waals surface area contributed by atoms with Gasteiger partial charge in [-0.1, -0.05) is 236 Å². The highest BCUT2D eigenvalue weighted by Crippen LogP contribution is 2.15. The Labute approximate surface area is 358 Å². The monoisotopic (exact) mass is 813 g/mol. The van der Waals surface area contributed by atoms with Crippen molar-refractivity contribution in [2.24, 2.45) is 0 Å². The Hall–Kier alpha value is -2.63. The molecule has 0 spiro atoms. The topological polar surface area (TPSA) is 78.9 Å². The van der Waals surface area contributed by atoms with Gasteiger partial charge in [0.1, 0.15) is 13.2 Å². The van der Waals surface area contributed by atoms with Crippen molar-refractivity contribution in [1.29, 1.82) is 0 Å². The number of carbonyl (C=O) groups is 3. The average Bonchev–Trinajstić information content (AvgIpc) is 3.22. The third-order valence-corrected chi connectivity index (χ3v) is 10.7. The third kappa shape index (κ3) is 44.5. The van der Waals surface area contributed by atoms with E-state index in [1.807, 2.05) is 18.2 Å². The van der Waals surface area contributed by atoms with Gasteiger partial charge in [-0.25, -0.2) is 0 Å². The molecule has 0 aromatic rings. The first-order valence-electron chi connectivity index (χ1n) is 24.7. The normalized spacial score (nSPS) is 12.4. The van der Waals surface area contributed by atoms with Gasteiger partial charge in [-0.3, -0.25) is 14.4 Å². The van der Waals surface area contributed by atoms with Gasteiger partial charge in [0.15, 0.2) is 6.10 Å². The van der Waals surface area contributed by atoms with Gasteiger partial charge in [0, 0.05) is 19.3 Å². The summed E-state index contributed by atoms with van der Waals surface area (Å²) in [7, 11) is 0. The highest BCUT2D eigenvalue weighted by Gasteiger charge is 2.19. The van der Waals surface area contributed by atoms with Crippen LogP contribution in [0.1, 0.15) is 245 Å². The maximum Gasteiger partial charge on any atom is 0.306 e. The number of rotatable bonds is 44. The Morgan fingerprint density at radius 3 is 1.05 bits per heavy atom. The number of hydrogen-bond acceptors (Lipinski definition) is 6. The summed E-state index contributed by atoms with van der Waals surface area (Å²) in [6, 6.07) is 0. The van der Waals surface area contributed by atoms with E-state index in [0.29, 0.717) is 19.3 Å². The number of carbonyl (C=O) groups excluding carboxylic acids is 3. The van der Waals surface area contributed by atoms with Crippen molar-refractivity contribution >= 4 is 17.9 Å². The molecule has 0 saturated carbocycles. The molecular formula is C52H92O6. The van der Waals surface area contributed by atoms with E-state index in [2.05, 4.69) is 51.2 Å². The molecule has 0 amide bonds. The molecule has 1 atom stereocenters. The Bertz CT molecular complexity index is 1030. The molecule has 0 aromatic heterocycles. The van der Waals surface area contributed by atoms with Gasteiger partial charge in [0.05, 0.1) is 0 Å². The van der Waals surface area contributed by atoms with Gasteiger partial charge >= 0.3 is 17.9 Å². The third-order valence-electron chi connectivity index (χ3n) is 10.7. The SMILES string of the molecule is CC\C=C/C=C\C=C/C=C\CCCCCCCC(=O)OCC(COC(=O)CCCCCCCCCCCCCC)OC(=O)CCCCCCCCCCCCCCC. The van der Waals surface area contributed by atoms with Crippen LogP contribution in [0.2, 0.25) is 0 Å². The maximum absolute atomic E-state index is 12.8. The molecule has 0 saturated heterocycles. The highest BCUT2D eigenvalue weighted by molar-refractivity contribution is 5.71. The number of allylic oxidation sites excluding steroid dienone is 8. The Balaban J connectivity index is 4.40. The zero-order chi connectivity index (χ0) is 42.3. The highest BCUT2D eigenvalue weighted by atomic mass is 16.6. The molecule has 0 heterocycles. The summed E-state index contributed by atoms with van der Waals surface area (Å²) in [6.45, 7) is 6.48. The van der Waals surface area contributed by atoms with Crippen LogP contribution >= 0.6 is 0 Å². The summed E-state index contributed by atoms with van der Waals surface area (Å²) < 4.78 is 16.8. The number of esters is 3. The molecule has 0 radical (unpaired) electrons. The zero-order valence-corrected chi connectivity index (χ0v) is 38.3. The number of hydrogen-bond donors (Lipinski definition) is 0. The fourth-order valence-electron chi connectivity index (χ4n) is 6.98. The lowest BCUT2D eigenvalue weighted by molar-refractivity contribution is -0.167. The Morgan fingerprint density at radius 1 is 0.362 bits per heavy atom. The van der Waals surface area contributed by atoms with Crippen molar-refractivity contribution in [3.8, 4) is 0 Å². The van der Waals surface area contributed by atoms with Crippen molar-refractivity contribution in [1.82, 2.24) is 0 Å². The van der Waals surface area contributed by atoms with Crippen LogP contribution in [-0.2, 0) is 28.6 Å².